The van der Waals surface area contributed by atoms with Gasteiger partial charge in [0.2, 0.25) is 0 Å². The van der Waals surface area contributed by atoms with Gasteiger partial charge in [0.05, 0.1) is 54.9 Å². The van der Waals surface area contributed by atoms with Crippen LogP contribution in [0.3, 0.4) is 0 Å². The van der Waals surface area contributed by atoms with Crippen LogP contribution in [-0.4, -0.2) is 89.8 Å². The fourth-order valence-electron chi connectivity index (χ4n) is 5.59. The molecule has 0 saturated heterocycles. The van der Waals surface area contributed by atoms with Crippen LogP contribution in [0.1, 0.15) is 149 Å². The monoisotopic (exact) mass is 766 g/mol. The number of allylic oxidation sites excluding steroid dienone is 4. The molecule has 0 spiro atoms. The van der Waals surface area contributed by atoms with Gasteiger partial charge in [0.25, 0.3) is 0 Å². The van der Waals surface area contributed by atoms with Crippen molar-refractivity contribution >= 4 is 0 Å². The number of nitrogens with zero attached hydrogens (tertiary/aromatic N) is 2. The molecule has 1 unspecified atom stereocenters. The van der Waals surface area contributed by atoms with Crippen LogP contribution in [0.25, 0.3) is 0 Å². The number of unbranched alkanes of at least 4 members (excludes halogenated alkanes) is 16. The van der Waals surface area contributed by atoms with Gasteiger partial charge in [-0.25, -0.2) is 0 Å². The number of likely N-dealkylation sites (N-methyl/N-ethyl adjacent to an activating group) is 1. The van der Waals surface area contributed by atoms with Crippen LogP contribution >= 0.6 is 0 Å². The highest BCUT2D eigenvalue weighted by molar-refractivity contribution is 4.81. The highest BCUT2D eigenvalue weighted by atomic mass is 79.9. The Morgan fingerprint density at radius 2 is 0.911 bits per heavy atom. The molecule has 1 atom stereocenters. The normalized spacial score (nSPS) is 13.0. The Kier molecular flexibility index (Phi) is 39.3. The molecule has 0 aromatic rings. The van der Waals surface area contributed by atoms with Gasteiger partial charge in [-0.1, -0.05) is 115 Å². The van der Waals surface area contributed by atoms with Crippen LogP contribution in [0.2, 0.25) is 0 Å². The van der Waals surface area contributed by atoms with Crippen LogP contribution in [0.4, 0.5) is 0 Å². The lowest BCUT2D eigenvalue weighted by Crippen LogP contribution is -3.00. The van der Waals surface area contributed by atoms with E-state index in [1.54, 1.807) is 0 Å². The summed E-state index contributed by atoms with van der Waals surface area (Å²) in [5.74, 6) is 0. The van der Waals surface area contributed by atoms with Gasteiger partial charge in [-0.15, -0.1) is 0 Å². The number of quaternary nitrogens is 2. The van der Waals surface area contributed by atoms with Gasteiger partial charge in [0.15, 0.2) is 0 Å². The van der Waals surface area contributed by atoms with E-state index < -0.39 is 0 Å². The highest BCUT2D eigenvalue weighted by Gasteiger charge is 2.24. The van der Waals surface area contributed by atoms with E-state index in [0.29, 0.717) is 0 Å². The lowest BCUT2D eigenvalue weighted by Gasteiger charge is -2.34. The van der Waals surface area contributed by atoms with Gasteiger partial charge in [-0.05, 0) is 51.4 Å². The molecule has 0 fully saturated rings. The van der Waals surface area contributed by atoms with E-state index in [1.165, 1.54) is 148 Å². The fourth-order valence-corrected chi connectivity index (χ4v) is 5.59. The third kappa shape index (κ3) is 40.4. The van der Waals surface area contributed by atoms with Crippen LogP contribution in [-0.2, 0) is 9.47 Å². The fraction of sp³-hybridized carbons (Fsp3) is 0.897. The van der Waals surface area contributed by atoms with Crippen molar-refractivity contribution in [1.29, 1.82) is 0 Å². The molecule has 0 aliphatic rings. The van der Waals surface area contributed by atoms with Crippen molar-refractivity contribution in [1.82, 2.24) is 0 Å². The second-order valence-corrected chi connectivity index (χ2v) is 14.8. The summed E-state index contributed by atoms with van der Waals surface area (Å²) in [6, 6.07) is 0. The summed E-state index contributed by atoms with van der Waals surface area (Å²) in [7, 11) is 11.6. The first-order valence-corrected chi connectivity index (χ1v) is 18.8. The average molecular weight is 769 g/mol. The first-order chi connectivity index (χ1) is 20.7. The summed E-state index contributed by atoms with van der Waals surface area (Å²) >= 11 is 0. The third-order valence-corrected chi connectivity index (χ3v) is 8.40. The van der Waals surface area contributed by atoms with Gasteiger partial charge in [0.1, 0.15) is 12.6 Å². The van der Waals surface area contributed by atoms with Crippen molar-refractivity contribution in [3.8, 4) is 0 Å². The molecule has 0 amide bonds. The quantitative estimate of drug-likeness (QED) is 0.0556. The Labute approximate surface area is 304 Å². The number of rotatable bonds is 33. The minimum Gasteiger partial charge on any atom is -1.00 e. The Bertz CT molecular complexity index is 635. The van der Waals surface area contributed by atoms with Gasteiger partial charge >= 0.3 is 0 Å². The van der Waals surface area contributed by atoms with E-state index in [9.17, 15) is 0 Å². The van der Waals surface area contributed by atoms with E-state index in [4.69, 9.17) is 9.47 Å². The summed E-state index contributed by atoms with van der Waals surface area (Å²) in [6.45, 7) is 10.5. The van der Waals surface area contributed by atoms with Crippen molar-refractivity contribution < 1.29 is 52.4 Å². The summed E-state index contributed by atoms with van der Waals surface area (Å²) in [4.78, 5) is 0. The van der Waals surface area contributed by atoms with E-state index in [0.717, 1.165) is 35.3 Å². The molecule has 4 nitrogen and oxygen atoms in total. The third-order valence-electron chi connectivity index (χ3n) is 8.40. The van der Waals surface area contributed by atoms with Crippen LogP contribution in [0, 0.1) is 0 Å². The predicted octanol–water partition coefficient (Wildman–Crippen LogP) is 4.52. The van der Waals surface area contributed by atoms with Crippen LogP contribution < -0.4 is 34.0 Å². The van der Waals surface area contributed by atoms with Crippen LogP contribution in [0.5, 0.6) is 0 Å². The lowest BCUT2D eigenvalue weighted by atomic mass is 10.1. The molecule has 0 aromatic heterocycles. The zero-order valence-electron chi connectivity index (χ0n) is 31.4. The van der Waals surface area contributed by atoms with Gasteiger partial charge in [-0.2, -0.15) is 0 Å². The second-order valence-electron chi connectivity index (χ2n) is 14.8. The van der Waals surface area contributed by atoms with Gasteiger partial charge in [-0.3, -0.25) is 0 Å². The molecular formula is C39H80Br2N2O2. The molecule has 6 heteroatoms. The van der Waals surface area contributed by atoms with Gasteiger partial charge in [0, 0.05) is 19.6 Å². The molecule has 0 rings (SSSR count). The summed E-state index contributed by atoms with van der Waals surface area (Å²) in [5.41, 5.74) is 0. The molecule has 0 bridgehead atoms. The first kappa shape index (κ1) is 49.7. The van der Waals surface area contributed by atoms with Crippen molar-refractivity contribution in [2.24, 2.45) is 0 Å². The molecule has 272 valence electrons. The smallest absolute Gasteiger partial charge is 0.130 e. The molecule has 0 aliphatic heterocycles. The number of hydrogen-bond acceptors (Lipinski definition) is 2. The Hall–Kier alpha value is 0.280. The van der Waals surface area contributed by atoms with Gasteiger partial charge < -0.3 is 52.4 Å². The number of halogens is 2. The van der Waals surface area contributed by atoms with E-state index in [-0.39, 0.29) is 40.1 Å². The molecular weight excluding hydrogens is 688 g/mol. The van der Waals surface area contributed by atoms with Crippen molar-refractivity contribution in [2.45, 2.75) is 155 Å². The first-order valence-electron chi connectivity index (χ1n) is 18.8. The lowest BCUT2D eigenvalue weighted by molar-refractivity contribution is -0.904. The molecule has 0 aliphatic carbocycles. The van der Waals surface area contributed by atoms with E-state index in [1.807, 2.05) is 0 Å². The maximum atomic E-state index is 6.47. The minimum atomic E-state index is 0. The molecule has 0 radical (unpaired) electrons. The zero-order valence-corrected chi connectivity index (χ0v) is 34.6. The molecule has 0 N–H and O–H groups in total. The molecule has 0 heterocycles. The van der Waals surface area contributed by atoms with Crippen LogP contribution in [0.15, 0.2) is 24.3 Å². The largest absolute Gasteiger partial charge is 1.00 e. The standard InChI is InChI=1S/C39H80N2O2.2BrH/c1-8-10-12-14-16-18-20-22-24-26-28-30-35-42-38-39(37-41(6,7)34-32-33-40(3,4)5)43-36-31-29-27-25-23-21-19-17-15-13-11-9-2;;/h14-17,39H,8-13,18-38H2,1-7H3;2*1H/q+2;;/p-2/b16-14-,17-15-;;. The molecule has 0 aromatic carbocycles. The molecule has 0 saturated carbocycles. The number of hydrogen-bond donors (Lipinski definition) is 0. The Morgan fingerprint density at radius 3 is 1.38 bits per heavy atom. The maximum Gasteiger partial charge on any atom is 0.130 e. The maximum absolute atomic E-state index is 6.47. The van der Waals surface area contributed by atoms with E-state index >= 15 is 0 Å². The highest BCUT2D eigenvalue weighted by Crippen LogP contribution is 2.12. The predicted molar refractivity (Wildman–Crippen MR) is 192 cm³/mol. The molecule has 45 heavy (non-hydrogen) atoms. The second kappa shape index (κ2) is 35.6. The SMILES string of the molecule is CCCC/C=C\CCCCCCCCOCC(C[N+](C)(C)CCC[N+](C)(C)C)OCCCCCCCC/C=C\CCCC.[Br-].[Br-]. The Morgan fingerprint density at radius 1 is 0.489 bits per heavy atom. The summed E-state index contributed by atoms with van der Waals surface area (Å²) in [5, 5.41) is 0. The van der Waals surface area contributed by atoms with E-state index in [2.05, 4.69) is 73.4 Å². The average Bonchev–Trinajstić information content (AvgIpc) is 2.94. The minimum absolute atomic E-state index is 0. The summed E-state index contributed by atoms with van der Waals surface area (Å²) < 4.78 is 14.7. The Balaban J connectivity index is -0.00000882. The summed E-state index contributed by atoms with van der Waals surface area (Å²) in [6.07, 6.45) is 37.0. The van der Waals surface area contributed by atoms with Crippen molar-refractivity contribution in [2.75, 3.05) is 74.7 Å². The zero-order chi connectivity index (χ0) is 31.9. The number of ether oxygens (including phenoxy) is 2. The topological polar surface area (TPSA) is 18.5 Å². The van der Waals surface area contributed by atoms with Crippen molar-refractivity contribution in [3.05, 3.63) is 24.3 Å². The van der Waals surface area contributed by atoms with Crippen molar-refractivity contribution in [3.63, 3.8) is 0 Å².